The van der Waals surface area contributed by atoms with Crippen LogP contribution in [0.5, 0.6) is 11.5 Å². The Kier molecular flexibility index (Phi) is 6.56. The summed E-state index contributed by atoms with van der Waals surface area (Å²) in [7, 11) is 1.53. The van der Waals surface area contributed by atoms with E-state index in [0.717, 1.165) is 0 Å². The number of anilines is 1. The van der Waals surface area contributed by atoms with Gasteiger partial charge in [0.15, 0.2) is 18.1 Å². The molecule has 0 bridgehead atoms. The lowest BCUT2D eigenvalue weighted by Gasteiger charge is -2.11. The van der Waals surface area contributed by atoms with Gasteiger partial charge in [-0.2, -0.15) is 0 Å². The Balaban J connectivity index is 1.57. The van der Waals surface area contributed by atoms with Gasteiger partial charge in [0, 0.05) is 24.7 Å². The molecule has 0 saturated carbocycles. The molecule has 0 atom stereocenters. The number of amides is 2. The van der Waals surface area contributed by atoms with Crippen LogP contribution in [0.25, 0.3) is 0 Å². The second-order valence-electron chi connectivity index (χ2n) is 6.12. The summed E-state index contributed by atoms with van der Waals surface area (Å²) in [6.07, 6.45) is 0.703. The Bertz CT molecular complexity index is 929. The van der Waals surface area contributed by atoms with Crippen LogP contribution in [0.2, 0.25) is 5.02 Å². The van der Waals surface area contributed by atoms with Gasteiger partial charge in [0.1, 0.15) is 0 Å². The van der Waals surface area contributed by atoms with Crippen molar-refractivity contribution < 1.29 is 28.6 Å². The third-order valence-electron chi connectivity index (χ3n) is 4.03. The van der Waals surface area contributed by atoms with E-state index in [1.807, 2.05) is 0 Å². The summed E-state index contributed by atoms with van der Waals surface area (Å²) < 4.78 is 16.1. The molecule has 1 heterocycles. The molecule has 9 heteroatoms. The van der Waals surface area contributed by atoms with Crippen molar-refractivity contribution >= 4 is 35.1 Å². The zero-order chi connectivity index (χ0) is 20.8. The average Bonchev–Trinajstić information content (AvgIpc) is 2.98. The first-order chi connectivity index (χ1) is 14.0. The van der Waals surface area contributed by atoms with Crippen LogP contribution in [0.4, 0.5) is 5.69 Å². The molecule has 8 nitrogen and oxygen atoms in total. The molecule has 0 aromatic heterocycles. The van der Waals surface area contributed by atoms with Gasteiger partial charge >= 0.3 is 5.97 Å². The number of rotatable bonds is 5. The summed E-state index contributed by atoms with van der Waals surface area (Å²) in [5, 5.41) is 5.32. The number of esters is 1. The van der Waals surface area contributed by atoms with Gasteiger partial charge in [0.05, 0.1) is 23.8 Å². The molecule has 0 spiro atoms. The Morgan fingerprint density at radius 3 is 2.52 bits per heavy atom. The zero-order valence-electron chi connectivity index (χ0n) is 15.6. The standard InChI is InChI=1S/C20H19ClN2O6/c1-22-19(25)12-3-5-14(6-4-12)23-17(24)11-29-20(26)13-9-15(21)18-16(10-13)27-7-2-8-28-18/h3-6,9-10H,2,7-8,11H2,1H3,(H,22,25)(H,23,24). The maximum atomic E-state index is 12.3. The summed E-state index contributed by atoms with van der Waals surface area (Å²) in [5.74, 6) is -0.717. The molecule has 0 fully saturated rings. The minimum atomic E-state index is -0.715. The van der Waals surface area contributed by atoms with Crippen LogP contribution >= 0.6 is 11.6 Å². The summed E-state index contributed by atoms with van der Waals surface area (Å²) in [6.45, 7) is 0.436. The molecule has 29 heavy (non-hydrogen) atoms. The molecule has 0 saturated heterocycles. The largest absolute Gasteiger partial charge is 0.489 e. The molecular formula is C20H19ClN2O6. The number of ether oxygens (including phenoxy) is 3. The van der Waals surface area contributed by atoms with Crippen LogP contribution in [0.1, 0.15) is 27.1 Å². The van der Waals surface area contributed by atoms with Crippen molar-refractivity contribution in [1.82, 2.24) is 5.32 Å². The number of hydrogen-bond donors (Lipinski definition) is 2. The third-order valence-corrected chi connectivity index (χ3v) is 4.31. The summed E-state index contributed by atoms with van der Waals surface area (Å²) in [5.41, 5.74) is 1.09. The van der Waals surface area contributed by atoms with Gasteiger partial charge in [-0.25, -0.2) is 4.79 Å². The van der Waals surface area contributed by atoms with E-state index in [-0.39, 0.29) is 16.5 Å². The molecule has 2 aromatic carbocycles. The Hall–Kier alpha value is -3.26. The van der Waals surface area contributed by atoms with Gasteiger partial charge in [-0.15, -0.1) is 0 Å². The Labute approximate surface area is 172 Å². The lowest BCUT2D eigenvalue weighted by molar-refractivity contribution is -0.119. The fourth-order valence-corrected chi connectivity index (χ4v) is 2.87. The van der Waals surface area contributed by atoms with E-state index in [9.17, 15) is 14.4 Å². The third kappa shape index (κ3) is 5.17. The van der Waals surface area contributed by atoms with E-state index in [1.54, 1.807) is 24.3 Å². The molecule has 152 valence electrons. The van der Waals surface area contributed by atoms with Crippen molar-refractivity contribution in [3.63, 3.8) is 0 Å². The normalized spacial score (nSPS) is 12.5. The van der Waals surface area contributed by atoms with Gasteiger partial charge in [0.25, 0.3) is 11.8 Å². The lowest BCUT2D eigenvalue weighted by Crippen LogP contribution is -2.21. The highest BCUT2D eigenvalue weighted by atomic mass is 35.5. The van der Waals surface area contributed by atoms with Gasteiger partial charge in [-0.05, 0) is 36.4 Å². The second-order valence-corrected chi connectivity index (χ2v) is 6.52. The molecule has 2 aromatic rings. The molecule has 2 N–H and O–H groups in total. The molecule has 2 amide bonds. The molecule has 3 rings (SSSR count). The predicted molar refractivity (Wildman–Crippen MR) is 106 cm³/mol. The van der Waals surface area contributed by atoms with Gasteiger partial charge in [0.2, 0.25) is 0 Å². The van der Waals surface area contributed by atoms with Gasteiger partial charge in [-0.1, -0.05) is 11.6 Å². The number of benzene rings is 2. The van der Waals surface area contributed by atoms with Gasteiger partial charge in [-0.3, -0.25) is 9.59 Å². The predicted octanol–water partition coefficient (Wildman–Crippen LogP) is 2.66. The van der Waals surface area contributed by atoms with Gasteiger partial charge < -0.3 is 24.8 Å². The van der Waals surface area contributed by atoms with Crippen LogP contribution in [0.3, 0.4) is 0 Å². The molecule has 0 aliphatic carbocycles. The fraction of sp³-hybridized carbons (Fsp3) is 0.250. The van der Waals surface area contributed by atoms with Crippen molar-refractivity contribution in [3.8, 4) is 11.5 Å². The number of carbonyl (C=O) groups excluding carboxylic acids is 3. The second kappa shape index (κ2) is 9.29. The maximum absolute atomic E-state index is 12.3. The first kappa shape index (κ1) is 20.5. The SMILES string of the molecule is CNC(=O)c1ccc(NC(=O)COC(=O)c2cc(Cl)c3c(c2)OCCCO3)cc1. The van der Waals surface area contributed by atoms with Crippen LogP contribution in [0.15, 0.2) is 36.4 Å². The van der Waals surface area contributed by atoms with Crippen LogP contribution < -0.4 is 20.1 Å². The van der Waals surface area contributed by atoms with E-state index in [4.69, 9.17) is 25.8 Å². The minimum absolute atomic E-state index is 0.155. The highest BCUT2D eigenvalue weighted by molar-refractivity contribution is 6.32. The Morgan fingerprint density at radius 1 is 1.07 bits per heavy atom. The topological polar surface area (TPSA) is 103 Å². The monoisotopic (exact) mass is 418 g/mol. The van der Waals surface area contributed by atoms with Crippen molar-refractivity contribution in [2.24, 2.45) is 0 Å². The summed E-state index contributed by atoms with van der Waals surface area (Å²) in [4.78, 5) is 35.8. The van der Waals surface area contributed by atoms with Crippen LogP contribution in [-0.2, 0) is 9.53 Å². The van der Waals surface area contributed by atoms with E-state index in [2.05, 4.69) is 10.6 Å². The van der Waals surface area contributed by atoms with Crippen molar-refractivity contribution in [2.45, 2.75) is 6.42 Å². The van der Waals surface area contributed by atoms with Crippen molar-refractivity contribution in [2.75, 3.05) is 32.2 Å². The van der Waals surface area contributed by atoms with E-state index in [0.29, 0.717) is 42.4 Å². The summed E-state index contributed by atoms with van der Waals surface area (Å²) in [6, 6.07) is 9.18. The molecule has 1 aliphatic heterocycles. The van der Waals surface area contributed by atoms with Crippen LogP contribution in [-0.4, -0.2) is 44.7 Å². The number of nitrogens with one attached hydrogen (secondary N) is 2. The maximum Gasteiger partial charge on any atom is 0.338 e. The summed E-state index contributed by atoms with van der Waals surface area (Å²) >= 11 is 6.16. The quantitative estimate of drug-likeness (QED) is 0.723. The highest BCUT2D eigenvalue weighted by Crippen LogP contribution is 2.38. The first-order valence-electron chi connectivity index (χ1n) is 8.86. The van der Waals surface area contributed by atoms with Crippen LogP contribution in [0, 0.1) is 0 Å². The molecule has 1 aliphatic rings. The van der Waals surface area contributed by atoms with Crippen molar-refractivity contribution in [3.05, 3.63) is 52.5 Å². The lowest BCUT2D eigenvalue weighted by atomic mass is 10.2. The molecular weight excluding hydrogens is 400 g/mol. The minimum Gasteiger partial charge on any atom is -0.489 e. The smallest absolute Gasteiger partial charge is 0.338 e. The zero-order valence-corrected chi connectivity index (χ0v) is 16.4. The number of halogens is 1. The molecule has 0 unspecified atom stereocenters. The van der Waals surface area contributed by atoms with Crippen molar-refractivity contribution in [1.29, 1.82) is 0 Å². The highest BCUT2D eigenvalue weighted by Gasteiger charge is 2.20. The first-order valence-corrected chi connectivity index (χ1v) is 9.24. The number of carbonyl (C=O) groups is 3. The average molecular weight is 419 g/mol. The fourth-order valence-electron chi connectivity index (χ4n) is 2.61. The number of fused-ring (bicyclic) bond motifs is 1. The van der Waals surface area contributed by atoms with E-state index < -0.39 is 18.5 Å². The Morgan fingerprint density at radius 2 is 1.79 bits per heavy atom. The number of hydrogen-bond acceptors (Lipinski definition) is 6. The molecule has 0 radical (unpaired) electrons. The van der Waals surface area contributed by atoms with E-state index >= 15 is 0 Å². The van der Waals surface area contributed by atoms with E-state index in [1.165, 1.54) is 19.2 Å².